The van der Waals surface area contributed by atoms with Crippen LogP contribution in [0.3, 0.4) is 0 Å². The fourth-order valence-electron chi connectivity index (χ4n) is 3.48. The van der Waals surface area contributed by atoms with Crippen molar-refractivity contribution in [1.29, 1.82) is 0 Å². The maximum absolute atomic E-state index is 13.0. The zero-order valence-corrected chi connectivity index (χ0v) is 16.0. The summed E-state index contributed by atoms with van der Waals surface area (Å²) in [7, 11) is 0. The van der Waals surface area contributed by atoms with Gasteiger partial charge in [-0.15, -0.1) is 0 Å². The van der Waals surface area contributed by atoms with Crippen LogP contribution in [0.2, 0.25) is 0 Å². The standard InChI is InChI=1S/C22H16N6O2/c1-14-19(15-5-3-2-4-6-15)20-24-13-17-18(28(20)25-14)9-12-27(22(17)30)26-21(29)16-7-10-23-11-8-16/h2-13H,1H3,(H,26,29). The number of nitrogens with zero attached hydrogens (tertiary/aromatic N) is 5. The average molecular weight is 396 g/mol. The minimum absolute atomic E-state index is 0.349. The molecule has 8 heteroatoms. The molecule has 0 bridgehead atoms. The van der Waals surface area contributed by atoms with E-state index >= 15 is 0 Å². The van der Waals surface area contributed by atoms with Gasteiger partial charge in [-0.1, -0.05) is 30.3 Å². The molecule has 8 nitrogen and oxygen atoms in total. The minimum Gasteiger partial charge on any atom is -0.267 e. The molecule has 1 aromatic carbocycles. The predicted molar refractivity (Wildman–Crippen MR) is 113 cm³/mol. The third-order valence-corrected chi connectivity index (χ3v) is 4.91. The van der Waals surface area contributed by atoms with Crippen LogP contribution in [0.25, 0.3) is 27.7 Å². The Kier molecular flexibility index (Phi) is 4.10. The predicted octanol–water partition coefficient (Wildman–Crippen LogP) is 2.80. The normalized spacial score (nSPS) is 11.1. The van der Waals surface area contributed by atoms with Crippen molar-refractivity contribution in [2.75, 3.05) is 5.43 Å². The summed E-state index contributed by atoms with van der Waals surface area (Å²) in [6.45, 7) is 1.92. The smallest absolute Gasteiger partial charge is 0.267 e. The molecule has 30 heavy (non-hydrogen) atoms. The fraction of sp³-hybridized carbons (Fsp3) is 0.0455. The van der Waals surface area contributed by atoms with Crippen LogP contribution < -0.4 is 11.0 Å². The lowest BCUT2D eigenvalue weighted by Crippen LogP contribution is -2.33. The molecule has 146 valence electrons. The Hall–Kier alpha value is -4.33. The number of carbonyl (C=O) groups excluding carboxylic acids is 1. The van der Waals surface area contributed by atoms with Gasteiger partial charge in [0.25, 0.3) is 11.5 Å². The van der Waals surface area contributed by atoms with E-state index in [4.69, 9.17) is 0 Å². The number of fused-ring (bicyclic) bond motifs is 3. The Labute approximate surface area is 170 Å². The second kappa shape index (κ2) is 6.93. The lowest BCUT2D eigenvalue weighted by Gasteiger charge is -2.09. The molecular formula is C22H16N6O2. The number of benzene rings is 1. The van der Waals surface area contributed by atoms with Crippen LogP contribution in [-0.4, -0.2) is 30.2 Å². The molecule has 1 N–H and O–H groups in total. The van der Waals surface area contributed by atoms with E-state index in [1.54, 1.807) is 22.7 Å². The Morgan fingerprint density at radius 1 is 1.03 bits per heavy atom. The quantitative estimate of drug-likeness (QED) is 0.506. The molecule has 4 heterocycles. The van der Waals surface area contributed by atoms with Gasteiger partial charge >= 0.3 is 0 Å². The Bertz CT molecular complexity index is 1460. The first-order valence-corrected chi connectivity index (χ1v) is 9.30. The molecule has 0 fully saturated rings. The van der Waals surface area contributed by atoms with E-state index in [2.05, 4.69) is 20.5 Å². The van der Waals surface area contributed by atoms with Crippen molar-refractivity contribution in [3.8, 4) is 11.1 Å². The van der Waals surface area contributed by atoms with E-state index in [0.29, 0.717) is 22.1 Å². The Balaban J connectivity index is 1.62. The summed E-state index contributed by atoms with van der Waals surface area (Å²) in [6.07, 6.45) is 6.07. The molecule has 0 aliphatic carbocycles. The van der Waals surface area contributed by atoms with Gasteiger partial charge in [0.1, 0.15) is 0 Å². The van der Waals surface area contributed by atoms with E-state index in [9.17, 15) is 9.59 Å². The number of hydrogen-bond donors (Lipinski definition) is 1. The molecule has 0 spiro atoms. The van der Waals surface area contributed by atoms with Gasteiger partial charge < -0.3 is 0 Å². The SMILES string of the molecule is Cc1nn2c(ncc3c(=O)n(NC(=O)c4ccncc4)ccc32)c1-c1ccccc1. The number of nitrogens with one attached hydrogen (secondary N) is 1. The second-order valence-corrected chi connectivity index (χ2v) is 6.79. The van der Waals surface area contributed by atoms with Gasteiger partial charge in [-0.25, -0.2) is 14.2 Å². The highest BCUT2D eigenvalue weighted by Gasteiger charge is 2.16. The molecule has 0 saturated heterocycles. The molecule has 0 radical (unpaired) electrons. The molecule has 0 aliphatic rings. The summed E-state index contributed by atoms with van der Waals surface area (Å²) in [6, 6.07) is 14.8. The third-order valence-electron chi connectivity index (χ3n) is 4.91. The summed E-state index contributed by atoms with van der Waals surface area (Å²) in [5.41, 5.74) is 6.64. The van der Waals surface area contributed by atoms with Gasteiger partial charge in [0.05, 0.1) is 16.6 Å². The first kappa shape index (κ1) is 17.7. The number of aryl methyl sites for hydroxylation is 1. The van der Waals surface area contributed by atoms with Crippen LogP contribution in [0.4, 0.5) is 0 Å². The zero-order valence-electron chi connectivity index (χ0n) is 16.0. The van der Waals surface area contributed by atoms with Gasteiger partial charge in [-0.3, -0.25) is 20.0 Å². The van der Waals surface area contributed by atoms with Crippen LogP contribution in [0.15, 0.2) is 78.1 Å². The molecule has 4 aromatic heterocycles. The highest BCUT2D eigenvalue weighted by molar-refractivity contribution is 6.00. The molecule has 0 saturated carbocycles. The van der Waals surface area contributed by atoms with Gasteiger partial charge in [0.2, 0.25) is 0 Å². The maximum Gasteiger partial charge on any atom is 0.280 e. The first-order chi connectivity index (χ1) is 14.6. The summed E-state index contributed by atoms with van der Waals surface area (Å²) in [5, 5.41) is 4.96. The first-order valence-electron chi connectivity index (χ1n) is 9.30. The highest BCUT2D eigenvalue weighted by Crippen LogP contribution is 2.28. The number of hydrogen-bond acceptors (Lipinski definition) is 5. The van der Waals surface area contributed by atoms with Crippen molar-refractivity contribution in [3.05, 3.63) is 94.9 Å². The molecule has 5 aromatic rings. The summed E-state index contributed by atoms with van der Waals surface area (Å²) in [4.78, 5) is 33.7. The number of pyridine rings is 2. The lowest BCUT2D eigenvalue weighted by atomic mass is 10.1. The monoisotopic (exact) mass is 396 g/mol. The zero-order chi connectivity index (χ0) is 20.7. The van der Waals surface area contributed by atoms with Gasteiger partial charge in [0.15, 0.2) is 5.65 Å². The Morgan fingerprint density at radius 3 is 2.57 bits per heavy atom. The molecule has 0 atom stereocenters. The van der Waals surface area contributed by atoms with E-state index < -0.39 is 11.5 Å². The van der Waals surface area contributed by atoms with Crippen LogP contribution in [0.5, 0.6) is 0 Å². The van der Waals surface area contributed by atoms with Gasteiger partial charge in [0, 0.05) is 35.9 Å². The van der Waals surface area contributed by atoms with Crippen molar-refractivity contribution >= 4 is 22.5 Å². The van der Waals surface area contributed by atoms with Gasteiger partial charge in [-0.05, 0) is 30.7 Å². The van der Waals surface area contributed by atoms with Crippen LogP contribution in [0, 0.1) is 6.92 Å². The Morgan fingerprint density at radius 2 is 1.80 bits per heavy atom. The maximum atomic E-state index is 13.0. The largest absolute Gasteiger partial charge is 0.280 e. The topological polar surface area (TPSA) is 94.2 Å². The third kappa shape index (κ3) is 2.82. The number of aromatic nitrogens is 5. The van der Waals surface area contributed by atoms with E-state index in [0.717, 1.165) is 21.5 Å². The number of rotatable bonds is 3. The van der Waals surface area contributed by atoms with Crippen LogP contribution in [-0.2, 0) is 0 Å². The second-order valence-electron chi connectivity index (χ2n) is 6.79. The number of carbonyl (C=O) groups is 1. The molecule has 5 rings (SSSR count). The molecule has 0 aliphatic heterocycles. The lowest BCUT2D eigenvalue weighted by molar-refractivity contribution is 0.101. The molecule has 1 amide bonds. The molecular weight excluding hydrogens is 380 g/mol. The summed E-state index contributed by atoms with van der Waals surface area (Å²) >= 11 is 0. The van der Waals surface area contributed by atoms with Crippen molar-refractivity contribution < 1.29 is 4.79 Å². The van der Waals surface area contributed by atoms with Crippen molar-refractivity contribution in [2.45, 2.75) is 6.92 Å². The minimum atomic E-state index is -0.408. The van der Waals surface area contributed by atoms with E-state index in [1.807, 2.05) is 37.3 Å². The number of amides is 1. The molecule has 0 unspecified atom stereocenters. The average Bonchev–Trinajstić information content (AvgIpc) is 3.13. The van der Waals surface area contributed by atoms with Crippen LogP contribution in [0.1, 0.15) is 16.1 Å². The van der Waals surface area contributed by atoms with Crippen molar-refractivity contribution in [3.63, 3.8) is 0 Å². The highest BCUT2D eigenvalue weighted by atomic mass is 16.2. The van der Waals surface area contributed by atoms with Crippen molar-refractivity contribution in [1.82, 2.24) is 24.3 Å². The van der Waals surface area contributed by atoms with Crippen LogP contribution >= 0.6 is 0 Å². The van der Waals surface area contributed by atoms with E-state index in [1.165, 1.54) is 24.8 Å². The van der Waals surface area contributed by atoms with Gasteiger partial charge in [-0.2, -0.15) is 5.10 Å². The summed E-state index contributed by atoms with van der Waals surface area (Å²) < 4.78 is 2.82. The van der Waals surface area contributed by atoms with Crippen molar-refractivity contribution in [2.24, 2.45) is 0 Å². The van der Waals surface area contributed by atoms with E-state index in [-0.39, 0.29) is 0 Å². The summed E-state index contributed by atoms with van der Waals surface area (Å²) in [5.74, 6) is -0.408. The fourth-order valence-corrected chi connectivity index (χ4v) is 3.48.